The second kappa shape index (κ2) is 6.38. The molecule has 0 spiro atoms. The summed E-state index contributed by atoms with van der Waals surface area (Å²) in [4.78, 5) is 2.13. The zero-order valence-corrected chi connectivity index (χ0v) is 10.9. The van der Waals surface area contributed by atoms with Crippen LogP contribution in [0.4, 0.5) is 8.78 Å². The van der Waals surface area contributed by atoms with E-state index in [0.29, 0.717) is 25.1 Å². The predicted molar refractivity (Wildman–Crippen MR) is 68.4 cm³/mol. The summed E-state index contributed by atoms with van der Waals surface area (Å²) < 4.78 is 32.5. The number of likely N-dealkylation sites (N-methyl/N-ethyl adjacent to an activating group) is 1. The molecule has 1 saturated heterocycles. The summed E-state index contributed by atoms with van der Waals surface area (Å²) in [6.45, 7) is 2.19. The lowest BCUT2D eigenvalue weighted by molar-refractivity contribution is -0.0385. The monoisotopic (exact) mass is 271 g/mol. The van der Waals surface area contributed by atoms with Crippen molar-refractivity contribution in [3.05, 3.63) is 35.4 Å². The molecule has 1 aromatic rings. The molecule has 2 rings (SSSR count). The standard InChI is InChI=1S/C13H19F2N3O/c1-18-5-6-19-12(8-18)11(17-16)7-9-3-2-4-10(14)13(9)15/h2-4,11-12,17H,5-8,16H2,1H3. The molecule has 4 nitrogen and oxygen atoms in total. The van der Waals surface area contributed by atoms with Crippen LogP contribution in [0, 0.1) is 11.6 Å². The van der Waals surface area contributed by atoms with Crippen LogP contribution in [0.2, 0.25) is 0 Å². The van der Waals surface area contributed by atoms with Crippen molar-refractivity contribution < 1.29 is 13.5 Å². The predicted octanol–water partition coefficient (Wildman–Crippen LogP) is 0.670. The van der Waals surface area contributed by atoms with E-state index in [4.69, 9.17) is 10.6 Å². The highest BCUT2D eigenvalue weighted by atomic mass is 19.2. The Labute approximate surface area is 111 Å². The maximum absolute atomic E-state index is 13.6. The Bertz CT molecular complexity index is 430. The summed E-state index contributed by atoms with van der Waals surface area (Å²) in [5.41, 5.74) is 2.95. The van der Waals surface area contributed by atoms with Crippen LogP contribution in [-0.4, -0.2) is 43.8 Å². The Kier molecular flexibility index (Phi) is 4.81. The Morgan fingerprint density at radius 3 is 3.00 bits per heavy atom. The van der Waals surface area contributed by atoms with E-state index in [2.05, 4.69) is 10.3 Å². The van der Waals surface area contributed by atoms with Crippen LogP contribution in [0.25, 0.3) is 0 Å². The van der Waals surface area contributed by atoms with Crippen LogP contribution in [-0.2, 0) is 11.2 Å². The van der Waals surface area contributed by atoms with Gasteiger partial charge in [-0.2, -0.15) is 0 Å². The average molecular weight is 271 g/mol. The maximum atomic E-state index is 13.6. The molecule has 1 fully saturated rings. The molecule has 1 aliphatic heterocycles. The number of hydrogen-bond acceptors (Lipinski definition) is 4. The van der Waals surface area contributed by atoms with Crippen molar-refractivity contribution in [1.82, 2.24) is 10.3 Å². The fourth-order valence-electron chi connectivity index (χ4n) is 2.30. The van der Waals surface area contributed by atoms with E-state index in [-0.39, 0.29) is 12.1 Å². The Morgan fingerprint density at radius 2 is 2.32 bits per heavy atom. The summed E-state index contributed by atoms with van der Waals surface area (Å²) in [5.74, 6) is 3.87. The first-order valence-corrected chi connectivity index (χ1v) is 6.31. The third-order valence-corrected chi connectivity index (χ3v) is 3.43. The zero-order chi connectivity index (χ0) is 13.8. The van der Waals surface area contributed by atoms with Gasteiger partial charge in [-0.15, -0.1) is 0 Å². The SMILES string of the molecule is CN1CCOC(C(Cc2cccc(F)c2F)NN)C1. The Morgan fingerprint density at radius 1 is 1.53 bits per heavy atom. The van der Waals surface area contributed by atoms with Gasteiger partial charge in [0.2, 0.25) is 0 Å². The molecular formula is C13H19F2N3O. The van der Waals surface area contributed by atoms with Crippen LogP contribution < -0.4 is 11.3 Å². The highest BCUT2D eigenvalue weighted by Gasteiger charge is 2.27. The fourth-order valence-corrected chi connectivity index (χ4v) is 2.30. The summed E-state index contributed by atoms with van der Waals surface area (Å²) in [6.07, 6.45) is 0.157. The molecule has 106 valence electrons. The minimum absolute atomic E-state index is 0.133. The molecule has 3 N–H and O–H groups in total. The topological polar surface area (TPSA) is 50.5 Å². The third kappa shape index (κ3) is 3.48. The Balaban J connectivity index is 2.08. The van der Waals surface area contributed by atoms with E-state index in [1.165, 1.54) is 6.07 Å². The van der Waals surface area contributed by atoms with Gasteiger partial charge in [-0.05, 0) is 25.1 Å². The molecule has 1 aliphatic rings. The van der Waals surface area contributed by atoms with Gasteiger partial charge >= 0.3 is 0 Å². The fraction of sp³-hybridized carbons (Fsp3) is 0.538. The van der Waals surface area contributed by atoms with Crippen molar-refractivity contribution in [3.8, 4) is 0 Å². The molecular weight excluding hydrogens is 252 g/mol. The number of nitrogens with one attached hydrogen (secondary N) is 1. The molecule has 0 radical (unpaired) electrons. The largest absolute Gasteiger partial charge is 0.374 e. The second-order valence-electron chi connectivity index (χ2n) is 4.86. The normalized spacial score (nSPS) is 22.4. The van der Waals surface area contributed by atoms with Crippen molar-refractivity contribution in [3.63, 3.8) is 0 Å². The molecule has 6 heteroatoms. The molecule has 0 amide bonds. The number of hydrogen-bond donors (Lipinski definition) is 2. The lowest BCUT2D eigenvalue weighted by Crippen LogP contribution is -2.54. The van der Waals surface area contributed by atoms with Crippen molar-refractivity contribution in [1.29, 1.82) is 0 Å². The van der Waals surface area contributed by atoms with Crippen LogP contribution >= 0.6 is 0 Å². The molecule has 1 aromatic carbocycles. The number of ether oxygens (including phenoxy) is 1. The van der Waals surface area contributed by atoms with Gasteiger partial charge in [-0.1, -0.05) is 12.1 Å². The first kappa shape index (κ1) is 14.3. The van der Waals surface area contributed by atoms with E-state index < -0.39 is 11.6 Å². The van der Waals surface area contributed by atoms with Crippen molar-refractivity contribution in [2.45, 2.75) is 18.6 Å². The van der Waals surface area contributed by atoms with E-state index in [0.717, 1.165) is 12.6 Å². The number of halogens is 2. The number of nitrogens with zero attached hydrogens (tertiary/aromatic N) is 1. The molecule has 2 unspecified atom stereocenters. The highest BCUT2D eigenvalue weighted by Crippen LogP contribution is 2.16. The van der Waals surface area contributed by atoms with E-state index in [9.17, 15) is 8.78 Å². The number of rotatable bonds is 4. The summed E-state index contributed by atoms with van der Waals surface area (Å²) in [6, 6.07) is 3.91. The molecule has 0 aliphatic carbocycles. The minimum Gasteiger partial charge on any atom is -0.374 e. The Hall–Kier alpha value is -1.08. The van der Waals surface area contributed by atoms with E-state index >= 15 is 0 Å². The second-order valence-corrected chi connectivity index (χ2v) is 4.86. The quantitative estimate of drug-likeness (QED) is 0.624. The number of hydrazine groups is 1. The zero-order valence-electron chi connectivity index (χ0n) is 10.9. The number of benzene rings is 1. The third-order valence-electron chi connectivity index (χ3n) is 3.43. The van der Waals surface area contributed by atoms with Crippen molar-refractivity contribution >= 4 is 0 Å². The minimum atomic E-state index is -0.838. The van der Waals surface area contributed by atoms with Crippen LogP contribution in [0.5, 0.6) is 0 Å². The summed E-state index contributed by atoms with van der Waals surface area (Å²) >= 11 is 0. The van der Waals surface area contributed by atoms with E-state index in [1.54, 1.807) is 6.07 Å². The summed E-state index contributed by atoms with van der Waals surface area (Å²) in [7, 11) is 1.99. The molecule has 0 bridgehead atoms. The molecule has 0 aromatic heterocycles. The van der Waals surface area contributed by atoms with E-state index in [1.807, 2.05) is 7.05 Å². The smallest absolute Gasteiger partial charge is 0.162 e. The van der Waals surface area contributed by atoms with Gasteiger partial charge in [0.25, 0.3) is 0 Å². The van der Waals surface area contributed by atoms with Gasteiger partial charge in [0.05, 0.1) is 18.8 Å². The maximum Gasteiger partial charge on any atom is 0.162 e. The van der Waals surface area contributed by atoms with Gasteiger partial charge in [0.15, 0.2) is 11.6 Å². The van der Waals surface area contributed by atoms with Gasteiger partial charge < -0.3 is 9.64 Å². The van der Waals surface area contributed by atoms with Crippen LogP contribution in [0.15, 0.2) is 18.2 Å². The number of nitrogens with two attached hydrogens (primary N) is 1. The van der Waals surface area contributed by atoms with Gasteiger partial charge in [-0.3, -0.25) is 11.3 Å². The first-order valence-electron chi connectivity index (χ1n) is 6.31. The first-order chi connectivity index (χ1) is 9.11. The average Bonchev–Trinajstić information content (AvgIpc) is 2.40. The van der Waals surface area contributed by atoms with Gasteiger partial charge in [0, 0.05) is 13.1 Å². The molecule has 0 saturated carbocycles. The molecule has 1 heterocycles. The lowest BCUT2D eigenvalue weighted by atomic mass is 10.00. The van der Waals surface area contributed by atoms with Crippen LogP contribution in [0.3, 0.4) is 0 Å². The van der Waals surface area contributed by atoms with Gasteiger partial charge in [0.1, 0.15) is 0 Å². The highest BCUT2D eigenvalue weighted by molar-refractivity contribution is 5.20. The summed E-state index contributed by atoms with van der Waals surface area (Å²) in [5, 5.41) is 0. The van der Waals surface area contributed by atoms with Gasteiger partial charge in [-0.25, -0.2) is 8.78 Å². The van der Waals surface area contributed by atoms with Crippen molar-refractivity contribution in [2.24, 2.45) is 5.84 Å². The van der Waals surface area contributed by atoms with Crippen molar-refractivity contribution in [2.75, 3.05) is 26.7 Å². The molecule has 19 heavy (non-hydrogen) atoms. The number of morpholine rings is 1. The lowest BCUT2D eigenvalue weighted by Gasteiger charge is -2.35. The van der Waals surface area contributed by atoms with Crippen LogP contribution in [0.1, 0.15) is 5.56 Å². The molecule has 2 atom stereocenters.